The number of hydrogen-bond donors (Lipinski definition) is 4. The van der Waals surface area contributed by atoms with E-state index >= 15 is 0 Å². The average Bonchev–Trinajstić information content (AvgIpc) is 2.80. The van der Waals surface area contributed by atoms with Gasteiger partial charge in [-0.2, -0.15) is 0 Å². The molecule has 0 unspecified atom stereocenters. The first kappa shape index (κ1) is 30.0. The number of carbonyl (C=O) groups is 2. The van der Waals surface area contributed by atoms with Crippen molar-refractivity contribution in [2.24, 2.45) is 5.41 Å². The summed E-state index contributed by atoms with van der Waals surface area (Å²) >= 11 is 0. The topological polar surface area (TPSA) is 108 Å². The number of aromatic hydroxyl groups is 2. The minimum absolute atomic E-state index is 0.00324. The number of phenols is 2. The molecule has 0 atom stereocenters. The molecule has 0 aromatic heterocycles. The Hall–Kier alpha value is -3.22. The van der Waals surface area contributed by atoms with Gasteiger partial charge in [-0.3, -0.25) is 20.4 Å². The molecule has 2 amide bonds. The predicted octanol–water partition coefficient (Wildman–Crippen LogP) is 6.63. The second-order valence-electron chi connectivity index (χ2n) is 11.6. The SMILES string of the molecule is CCCCCCCCOc1ccc(C(=O)NNC(=O)c2cc(C(C)(C)CC(C)(C)C)ccc2O)c(O)c1. The van der Waals surface area contributed by atoms with Crippen molar-refractivity contribution < 1.29 is 24.5 Å². The maximum Gasteiger partial charge on any atom is 0.273 e. The zero-order valence-electron chi connectivity index (χ0n) is 23.2. The lowest BCUT2D eigenvalue weighted by atomic mass is 9.72. The van der Waals surface area contributed by atoms with Gasteiger partial charge in [0.1, 0.15) is 17.2 Å². The van der Waals surface area contributed by atoms with E-state index in [2.05, 4.69) is 52.4 Å². The monoisotopic (exact) mass is 512 g/mol. The van der Waals surface area contributed by atoms with Crippen LogP contribution in [0.5, 0.6) is 17.2 Å². The van der Waals surface area contributed by atoms with Crippen molar-refractivity contribution in [3.05, 3.63) is 53.1 Å². The molecule has 0 saturated heterocycles. The summed E-state index contributed by atoms with van der Waals surface area (Å²) in [6.07, 6.45) is 7.79. The zero-order chi connectivity index (χ0) is 27.6. The lowest BCUT2D eigenvalue weighted by Crippen LogP contribution is -2.41. The number of carbonyl (C=O) groups excluding carboxylic acids is 2. The van der Waals surface area contributed by atoms with Gasteiger partial charge in [0.15, 0.2) is 0 Å². The van der Waals surface area contributed by atoms with E-state index in [0.717, 1.165) is 24.8 Å². The maximum atomic E-state index is 12.8. The van der Waals surface area contributed by atoms with Crippen molar-refractivity contribution in [1.82, 2.24) is 10.9 Å². The lowest BCUT2D eigenvalue weighted by Gasteiger charge is -2.33. The molecule has 0 spiro atoms. The molecule has 0 bridgehead atoms. The summed E-state index contributed by atoms with van der Waals surface area (Å²) < 4.78 is 5.68. The van der Waals surface area contributed by atoms with E-state index in [1.807, 2.05) is 6.07 Å². The van der Waals surface area contributed by atoms with Crippen LogP contribution in [0.1, 0.15) is 113 Å². The van der Waals surface area contributed by atoms with Crippen LogP contribution in [0.3, 0.4) is 0 Å². The van der Waals surface area contributed by atoms with E-state index in [0.29, 0.717) is 12.4 Å². The second-order valence-corrected chi connectivity index (χ2v) is 11.6. The van der Waals surface area contributed by atoms with Crippen molar-refractivity contribution in [1.29, 1.82) is 0 Å². The molecule has 0 aliphatic carbocycles. The Morgan fingerprint density at radius 1 is 0.784 bits per heavy atom. The molecule has 0 aliphatic heterocycles. The van der Waals surface area contributed by atoms with Crippen LogP contribution in [-0.4, -0.2) is 28.6 Å². The van der Waals surface area contributed by atoms with Gasteiger partial charge >= 0.3 is 0 Å². The number of amides is 2. The predicted molar refractivity (Wildman–Crippen MR) is 147 cm³/mol. The van der Waals surface area contributed by atoms with E-state index in [1.165, 1.54) is 43.9 Å². The van der Waals surface area contributed by atoms with E-state index in [9.17, 15) is 19.8 Å². The van der Waals surface area contributed by atoms with Gasteiger partial charge in [-0.15, -0.1) is 0 Å². The van der Waals surface area contributed by atoms with Gasteiger partial charge in [-0.05, 0) is 53.5 Å². The van der Waals surface area contributed by atoms with Crippen LogP contribution in [0.4, 0.5) is 0 Å². The highest BCUT2D eigenvalue weighted by Gasteiger charge is 2.28. The van der Waals surface area contributed by atoms with Crippen molar-refractivity contribution in [2.75, 3.05) is 6.61 Å². The van der Waals surface area contributed by atoms with Crippen molar-refractivity contribution in [3.63, 3.8) is 0 Å². The van der Waals surface area contributed by atoms with Crippen LogP contribution in [0.25, 0.3) is 0 Å². The normalized spacial score (nSPS) is 11.7. The van der Waals surface area contributed by atoms with Crippen LogP contribution in [0.2, 0.25) is 0 Å². The number of rotatable bonds is 12. The Balaban J connectivity index is 1.96. The Kier molecular flexibility index (Phi) is 10.8. The first-order chi connectivity index (χ1) is 17.3. The number of unbranched alkanes of at least 4 members (excludes halogenated alkanes) is 5. The summed E-state index contributed by atoms with van der Waals surface area (Å²) in [6.45, 7) is 13.4. The van der Waals surface area contributed by atoms with Gasteiger partial charge in [-0.25, -0.2) is 0 Å². The molecule has 2 aromatic rings. The van der Waals surface area contributed by atoms with Gasteiger partial charge in [0.25, 0.3) is 11.8 Å². The minimum atomic E-state index is -0.683. The van der Waals surface area contributed by atoms with E-state index in [1.54, 1.807) is 12.1 Å². The standard InChI is InChI=1S/C30H44N2O5/c1-7-8-9-10-11-12-17-37-22-14-15-23(26(34)19-22)27(35)31-32-28(36)24-18-21(13-16-25(24)33)30(5,6)20-29(2,3)4/h13-16,18-19,33-34H,7-12,17,20H2,1-6H3,(H,31,35)(H,32,36). The molecule has 7 heteroatoms. The summed E-state index contributed by atoms with van der Waals surface area (Å²) in [7, 11) is 0. The van der Waals surface area contributed by atoms with Crippen molar-refractivity contribution in [2.45, 2.75) is 91.9 Å². The zero-order valence-corrected chi connectivity index (χ0v) is 23.2. The highest BCUT2D eigenvalue weighted by atomic mass is 16.5. The molecule has 204 valence electrons. The van der Waals surface area contributed by atoms with Crippen LogP contribution in [0.15, 0.2) is 36.4 Å². The van der Waals surface area contributed by atoms with Gasteiger partial charge in [0.05, 0.1) is 17.7 Å². The number of nitrogens with one attached hydrogen (secondary N) is 2. The summed E-state index contributed by atoms with van der Waals surface area (Å²) in [5.74, 6) is -1.29. The maximum absolute atomic E-state index is 12.8. The Morgan fingerprint density at radius 3 is 2.03 bits per heavy atom. The molecular formula is C30H44N2O5. The van der Waals surface area contributed by atoms with E-state index in [-0.39, 0.29) is 33.5 Å². The highest BCUT2D eigenvalue weighted by molar-refractivity contribution is 6.01. The van der Waals surface area contributed by atoms with Crippen LogP contribution < -0.4 is 15.6 Å². The molecule has 37 heavy (non-hydrogen) atoms. The van der Waals surface area contributed by atoms with Crippen molar-refractivity contribution >= 4 is 11.8 Å². The summed E-state index contributed by atoms with van der Waals surface area (Å²) in [5.41, 5.74) is 5.45. The van der Waals surface area contributed by atoms with E-state index < -0.39 is 11.8 Å². The fourth-order valence-corrected chi connectivity index (χ4v) is 4.68. The lowest BCUT2D eigenvalue weighted by molar-refractivity contribution is 0.0843. The number of hydrazine groups is 1. The van der Waals surface area contributed by atoms with E-state index in [4.69, 9.17) is 4.74 Å². The molecule has 4 N–H and O–H groups in total. The molecule has 0 radical (unpaired) electrons. The summed E-state index contributed by atoms with van der Waals surface area (Å²) in [5, 5.41) is 20.6. The fourth-order valence-electron chi connectivity index (χ4n) is 4.68. The number of ether oxygens (including phenoxy) is 1. The Bertz CT molecular complexity index is 1060. The molecular weight excluding hydrogens is 468 g/mol. The summed E-state index contributed by atoms with van der Waals surface area (Å²) in [4.78, 5) is 25.3. The molecule has 0 fully saturated rings. The van der Waals surface area contributed by atoms with Gasteiger partial charge in [0, 0.05) is 6.07 Å². The molecule has 0 saturated carbocycles. The third kappa shape index (κ3) is 9.63. The van der Waals surface area contributed by atoms with Crippen molar-refractivity contribution in [3.8, 4) is 17.2 Å². The second kappa shape index (κ2) is 13.4. The smallest absolute Gasteiger partial charge is 0.273 e. The molecule has 0 heterocycles. The van der Waals surface area contributed by atoms with Gasteiger partial charge < -0.3 is 14.9 Å². The fraction of sp³-hybridized carbons (Fsp3) is 0.533. The third-order valence-electron chi connectivity index (χ3n) is 6.26. The third-order valence-corrected chi connectivity index (χ3v) is 6.26. The van der Waals surface area contributed by atoms with Crippen LogP contribution in [-0.2, 0) is 5.41 Å². The average molecular weight is 513 g/mol. The first-order valence-electron chi connectivity index (χ1n) is 13.2. The minimum Gasteiger partial charge on any atom is -0.507 e. The number of phenolic OH excluding ortho intramolecular Hbond substituents is 2. The molecule has 7 nitrogen and oxygen atoms in total. The first-order valence-corrected chi connectivity index (χ1v) is 13.2. The van der Waals surface area contributed by atoms with Gasteiger partial charge in [0.2, 0.25) is 0 Å². The Morgan fingerprint density at radius 2 is 1.41 bits per heavy atom. The summed E-state index contributed by atoms with van der Waals surface area (Å²) in [6, 6.07) is 9.40. The number of hydrogen-bond acceptors (Lipinski definition) is 5. The molecule has 2 aromatic carbocycles. The highest BCUT2D eigenvalue weighted by Crippen LogP contribution is 2.37. The van der Waals surface area contributed by atoms with Crippen LogP contribution >= 0.6 is 0 Å². The van der Waals surface area contributed by atoms with Crippen LogP contribution in [0, 0.1) is 5.41 Å². The quantitative estimate of drug-likeness (QED) is 0.189. The molecule has 2 rings (SSSR count). The largest absolute Gasteiger partial charge is 0.507 e. The number of benzene rings is 2. The van der Waals surface area contributed by atoms with Gasteiger partial charge in [-0.1, -0.05) is 79.7 Å². The Labute approximate surface area is 221 Å². The molecule has 0 aliphatic rings.